The maximum Gasteiger partial charge on any atom is 0.107 e. The highest BCUT2D eigenvalue weighted by Crippen LogP contribution is 2.22. The van der Waals surface area contributed by atoms with Crippen molar-refractivity contribution >= 4 is 0 Å². The third kappa shape index (κ3) is 2.56. The van der Waals surface area contributed by atoms with Crippen LogP contribution in [0, 0.1) is 13.8 Å². The van der Waals surface area contributed by atoms with Gasteiger partial charge in [-0.2, -0.15) is 0 Å². The average Bonchev–Trinajstić information content (AvgIpc) is 2.83. The third-order valence-electron chi connectivity index (χ3n) is 3.32. The molecule has 17 heavy (non-hydrogen) atoms. The summed E-state index contributed by atoms with van der Waals surface area (Å²) in [6, 6.07) is 6.76. The van der Waals surface area contributed by atoms with E-state index < -0.39 is 0 Å². The van der Waals surface area contributed by atoms with Gasteiger partial charge in [-0.15, -0.1) is 0 Å². The van der Waals surface area contributed by atoms with Crippen LogP contribution >= 0.6 is 0 Å². The Labute approximate surface area is 102 Å². The number of aromatic nitrogens is 2. The van der Waals surface area contributed by atoms with Crippen molar-refractivity contribution in [1.29, 1.82) is 0 Å². The van der Waals surface area contributed by atoms with Crippen LogP contribution in [0.1, 0.15) is 28.6 Å². The van der Waals surface area contributed by atoms with E-state index in [1.54, 1.807) is 6.20 Å². The minimum Gasteiger partial charge on any atom is -0.349 e. The number of likely N-dealkylation sites (N-methyl/N-ethyl adjacent to an activating group) is 1. The number of imidazole rings is 1. The standard InChI is InChI=1S/C14H19N3/c1-10-5-4-6-12(11(10)2)13(15-3)9-14-16-7-8-17-14/h4-8,13,15H,9H2,1-3H3,(H,16,17). The summed E-state index contributed by atoms with van der Waals surface area (Å²) in [5.41, 5.74) is 4.05. The molecule has 1 heterocycles. The molecule has 0 radical (unpaired) electrons. The number of rotatable bonds is 4. The quantitative estimate of drug-likeness (QED) is 0.845. The first-order valence-electron chi connectivity index (χ1n) is 5.94. The monoisotopic (exact) mass is 229 g/mol. The molecule has 1 aromatic heterocycles. The molecule has 0 amide bonds. The van der Waals surface area contributed by atoms with Crippen molar-refractivity contribution in [3.63, 3.8) is 0 Å². The van der Waals surface area contributed by atoms with Crippen LogP contribution < -0.4 is 5.32 Å². The highest BCUT2D eigenvalue weighted by Gasteiger charge is 2.14. The van der Waals surface area contributed by atoms with Crippen molar-refractivity contribution in [2.45, 2.75) is 26.3 Å². The van der Waals surface area contributed by atoms with Gasteiger partial charge in [0.15, 0.2) is 0 Å². The van der Waals surface area contributed by atoms with Crippen molar-refractivity contribution in [2.24, 2.45) is 0 Å². The summed E-state index contributed by atoms with van der Waals surface area (Å²) < 4.78 is 0. The van der Waals surface area contributed by atoms with Crippen LogP contribution in [-0.2, 0) is 6.42 Å². The lowest BCUT2D eigenvalue weighted by Gasteiger charge is -2.19. The van der Waals surface area contributed by atoms with E-state index in [2.05, 4.69) is 47.3 Å². The normalized spacial score (nSPS) is 12.6. The smallest absolute Gasteiger partial charge is 0.107 e. The summed E-state index contributed by atoms with van der Waals surface area (Å²) in [4.78, 5) is 7.44. The van der Waals surface area contributed by atoms with E-state index in [-0.39, 0.29) is 0 Å². The number of nitrogens with zero attached hydrogens (tertiary/aromatic N) is 1. The molecule has 3 nitrogen and oxygen atoms in total. The Morgan fingerprint density at radius 1 is 1.35 bits per heavy atom. The molecule has 2 aromatic rings. The molecule has 0 bridgehead atoms. The van der Waals surface area contributed by atoms with E-state index in [0.717, 1.165) is 12.2 Å². The van der Waals surface area contributed by atoms with Crippen LogP contribution in [0.15, 0.2) is 30.6 Å². The fourth-order valence-corrected chi connectivity index (χ4v) is 2.12. The van der Waals surface area contributed by atoms with Gasteiger partial charge in [-0.3, -0.25) is 0 Å². The molecule has 90 valence electrons. The summed E-state index contributed by atoms with van der Waals surface area (Å²) in [6.07, 6.45) is 4.55. The van der Waals surface area contributed by atoms with Crippen molar-refractivity contribution in [3.8, 4) is 0 Å². The minimum atomic E-state index is 0.307. The van der Waals surface area contributed by atoms with E-state index in [1.165, 1.54) is 16.7 Å². The van der Waals surface area contributed by atoms with Gasteiger partial charge in [0.05, 0.1) is 0 Å². The summed E-state index contributed by atoms with van der Waals surface area (Å²) in [7, 11) is 2.00. The number of hydrogen-bond acceptors (Lipinski definition) is 2. The highest BCUT2D eigenvalue weighted by atomic mass is 14.9. The van der Waals surface area contributed by atoms with Gasteiger partial charge in [-0.1, -0.05) is 18.2 Å². The second-order valence-electron chi connectivity index (χ2n) is 4.37. The van der Waals surface area contributed by atoms with Crippen LogP contribution in [0.25, 0.3) is 0 Å². The van der Waals surface area contributed by atoms with Gasteiger partial charge in [0, 0.05) is 24.9 Å². The van der Waals surface area contributed by atoms with Crippen LogP contribution in [0.3, 0.4) is 0 Å². The van der Waals surface area contributed by atoms with E-state index in [1.807, 2.05) is 13.2 Å². The molecule has 2 N–H and O–H groups in total. The molecule has 0 saturated carbocycles. The zero-order valence-corrected chi connectivity index (χ0v) is 10.6. The Balaban J connectivity index is 2.26. The molecule has 0 fully saturated rings. The summed E-state index contributed by atoms with van der Waals surface area (Å²) in [6.45, 7) is 4.33. The number of H-pyrrole nitrogens is 1. The molecular weight excluding hydrogens is 210 g/mol. The lowest BCUT2D eigenvalue weighted by molar-refractivity contribution is 0.574. The van der Waals surface area contributed by atoms with E-state index >= 15 is 0 Å². The number of nitrogens with one attached hydrogen (secondary N) is 2. The Morgan fingerprint density at radius 3 is 2.82 bits per heavy atom. The molecular formula is C14H19N3. The molecule has 1 aromatic carbocycles. The fraction of sp³-hybridized carbons (Fsp3) is 0.357. The van der Waals surface area contributed by atoms with Crippen molar-refractivity contribution in [2.75, 3.05) is 7.05 Å². The lowest BCUT2D eigenvalue weighted by atomic mass is 9.95. The molecule has 0 aliphatic carbocycles. The van der Waals surface area contributed by atoms with Crippen molar-refractivity contribution < 1.29 is 0 Å². The largest absolute Gasteiger partial charge is 0.349 e. The first-order chi connectivity index (χ1) is 8.22. The molecule has 0 aliphatic rings. The minimum absolute atomic E-state index is 0.307. The molecule has 0 saturated heterocycles. The molecule has 0 spiro atoms. The van der Waals surface area contributed by atoms with Crippen LogP contribution in [0.5, 0.6) is 0 Å². The van der Waals surface area contributed by atoms with Gasteiger partial charge in [0.1, 0.15) is 5.82 Å². The molecule has 3 heteroatoms. The van der Waals surface area contributed by atoms with Gasteiger partial charge in [0.25, 0.3) is 0 Å². The Bertz CT molecular complexity index is 474. The number of aromatic amines is 1. The van der Waals surface area contributed by atoms with Crippen LogP contribution in [0.2, 0.25) is 0 Å². The first-order valence-corrected chi connectivity index (χ1v) is 5.94. The van der Waals surface area contributed by atoms with Gasteiger partial charge in [-0.25, -0.2) is 4.98 Å². The predicted molar refractivity (Wildman–Crippen MR) is 70.0 cm³/mol. The Kier molecular flexibility index (Phi) is 3.59. The maximum absolute atomic E-state index is 4.29. The average molecular weight is 229 g/mol. The highest BCUT2D eigenvalue weighted by molar-refractivity contribution is 5.35. The maximum atomic E-state index is 4.29. The number of aryl methyl sites for hydroxylation is 1. The Morgan fingerprint density at radius 2 is 2.18 bits per heavy atom. The first kappa shape index (κ1) is 11.9. The van der Waals surface area contributed by atoms with Crippen molar-refractivity contribution in [1.82, 2.24) is 15.3 Å². The van der Waals surface area contributed by atoms with E-state index in [9.17, 15) is 0 Å². The molecule has 2 rings (SSSR count). The predicted octanol–water partition coefficient (Wildman–Crippen LogP) is 2.53. The van der Waals surface area contributed by atoms with Crippen LogP contribution in [-0.4, -0.2) is 17.0 Å². The van der Waals surface area contributed by atoms with Gasteiger partial charge in [0.2, 0.25) is 0 Å². The third-order valence-corrected chi connectivity index (χ3v) is 3.32. The van der Waals surface area contributed by atoms with Gasteiger partial charge in [-0.05, 0) is 37.6 Å². The van der Waals surface area contributed by atoms with E-state index in [0.29, 0.717) is 6.04 Å². The zero-order valence-electron chi connectivity index (χ0n) is 10.6. The summed E-state index contributed by atoms with van der Waals surface area (Å²) in [5.74, 6) is 1.02. The second-order valence-corrected chi connectivity index (χ2v) is 4.37. The molecule has 1 atom stereocenters. The summed E-state index contributed by atoms with van der Waals surface area (Å²) >= 11 is 0. The zero-order chi connectivity index (χ0) is 12.3. The molecule has 0 aliphatic heterocycles. The van der Waals surface area contributed by atoms with E-state index in [4.69, 9.17) is 0 Å². The summed E-state index contributed by atoms with van der Waals surface area (Å²) in [5, 5.41) is 3.36. The fourth-order valence-electron chi connectivity index (χ4n) is 2.12. The topological polar surface area (TPSA) is 40.7 Å². The number of hydrogen-bond donors (Lipinski definition) is 2. The SMILES string of the molecule is CNC(Cc1ncc[nH]1)c1cccc(C)c1C. The lowest BCUT2D eigenvalue weighted by Crippen LogP contribution is -2.20. The van der Waals surface area contributed by atoms with Crippen molar-refractivity contribution in [3.05, 3.63) is 53.1 Å². The van der Waals surface area contributed by atoms with Gasteiger partial charge < -0.3 is 10.3 Å². The second kappa shape index (κ2) is 5.15. The Hall–Kier alpha value is -1.61. The number of benzene rings is 1. The van der Waals surface area contributed by atoms with Crippen LogP contribution in [0.4, 0.5) is 0 Å². The molecule has 1 unspecified atom stereocenters. The van der Waals surface area contributed by atoms with Gasteiger partial charge >= 0.3 is 0 Å².